The number of nitrogens with one attached hydrogen (secondary N) is 1. The summed E-state index contributed by atoms with van der Waals surface area (Å²) in [6.07, 6.45) is 0.850. The SMILES string of the molecule is CCc1ccc2oc(=O)[nH]c2n1. The molecule has 1 N–H and O–H groups in total. The van der Waals surface area contributed by atoms with Crippen LogP contribution in [0.5, 0.6) is 0 Å². The number of rotatable bonds is 1. The fourth-order valence-corrected chi connectivity index (χ4v) is 1.08. The summed E-state index contributed by atoms with van der Waals surface area (Å²) in [6, 6.07) is 3.60. The van der Waals surface area contributed by atoms with Gasteiger partial charge in [0.15, 0.2) is 11.2 Å². The lowest BCUT2D eigenvalue weighted by atomic mass is 10.3. The van der Waals surface area contributed by atoms with Crippen LogP contribution in [0.2, 0.25) is 0 Å². The molecule has 4 nitrogen and oxygen atoms in total. The number of oxazole rings is 1. The van der Waals surface area contributed by atoms with Gasteiger partial charge in [-0.1, -0.05) is 6.92 Å². The molecular formula is C8H8N2O2. The highest BCUT2D eigenvalue weighted by atomic mass is 16.4. The monoisotopic (exact) mass is 164 g/mol. The number of aromatic amines is 1. The second kappa shape index (κ2) is 2.48. The molecular weight excluding hydrogens is 156 g/mol. The first-order chi connectivity index (χ1) is 5.79. The van der Waals surface area contributed by atoms with E-state index in [0.29, 0.717) is 11.2 Å². The normalized spacial score (nSPS) is 10.8. The first-order valence-corrected chi connectivity index (χ1v) is 3.78. The van der Waals surface area contributed by atoms with Crippen molar-refractivity contribution in [2.45, 2.75) is 13.3 Å². The second-order valence-corrected chi connectivity index (χ2v) is 2.52. The van der Waals surface area contributed by atoms with Crippen molar-refractivity contribution >= 4 is 11.2 Å². The number of nitrogens with zero attached hydrogens (tertiary/aromatic N) is 1. The molecule has 2 aromatic rings. The van der Waals surface area contributed by atoms with Crippen LogP contribution in [-0.2, 0) is 6.42 Å². The molecule has 4 heteroatoms. The molecule has 0 saturated carbocycles. The smallest absolute Gasteiger partial charge is 0.406 e. The lowest BCUT2D eigenvalue weighted by Crippen LogP contribution is -1.94. The zero-order chi connectivity index (χ0) is 8.55. The zero-order valence-electron chi connectivity index (χ0n) is 6.63. The highest BCUT2D eigenvalue weighted by molar-refractivity contribution is 5.66. The van der Waals surface area contributed by atoms with Crippen LogP contribution >= 0.6 is 0 Å². The molecule has 0 aliphatic rings. The van der Waals surface area contributed by atoms with Crippen LogP contribution in [0.1, 0.15) is 12.6 Å². The van der Waals surface area contributed by atoms with Crippen molar-refractivity contribution in [1.82, 2.24) is 9.97 Å². The third-order valence-corrected chi connectivity index (χ3v) is 1.70. The van der Waals surface area contributed by atoms with Gasteiger partial charge in [0.05, 0.1) is 0 Å². The van der Waals surface area contributed by atoms with E-state index in [4.69, 9.17) is 4.42 Å². The molecule has 0 saturated heterocycles. The first-order valence-electron chi connectivity index (χ1n) is 3.78. The predicted octanol–water partition coefficient (Wildman–Crippen LogP) is 1.08. The summed E-state index contributed by atoms with van der Waals surface area (Å²) >= 11 is 0. The van der Waals surface area contributed by atoms with Crippen LogP contribution in [-0.4, -0.2) is 9.97 Å². The van der Waals surface area contributed by atoms with Crippen LogP contribution in [0.3, 0.4) is 0 Å². The Labute approximate surface area is 68.2 Å². The predicted molar refractivity (Wildman–Crippen MR) is 44.0 cm³/mol. The zero-order valence-corrected chi connectivity index (χ0v) is 6.63. The lowest BCUT2D eigenvalue weighted by molar-refractivity contribution is 0.555. The van der Waals surface area contributed by atoms with Crippen molar-refractivity contribution in [2.75, 3.05) is 0 Å². The molecule has 0 spiro atoms. The van der Waals surface area contributed by atoms with Gasteiger partial charge in [0.25, 0.3) is 0 Å². The van der Waals surface area contributed by atoms with Crippen molar-refractivity contribution < 1.29 is 4.42 Å². The van der Waals surface area contributed by atoms with E-state index in [1.807, 2.05) is 13.0 Å². The van der Waals surface area contributed by atoms with Gasteiger partial charge in [-0.05, 0) is 18.6 Å². The van der Waals surface area contributed by atoms with Crippen LogP contribution < -0.4 is 5.76 Å². The Kier molecular flexibility index (Phi) is 1.46. The van der Waals surface area contributed by atoms with Gasteiger partial charge in [-0.25, -0.2) is 9.78 Å². The Morgan fingerprint density at radius 1 is 1.58 bits per heavy atom. The Bertz CT molecular complexity index is 455. The fourth-order valence-electron chi connectivity index (χ4n) is 1.08. The Hall–Kier alpha value is -1.58. The van der Waals surface area contributed by atoms with E-state index < -0.39 is 5.76 Å². The van der Waals surface area contributed by atoms with E-state index in [-0.39, 0.29) is 0 Å². The minimum absolute atomic E-state index is 0.453. The van der Waals surface area contributed by atoms with E-state index >= 15 is 0 Å². The fraction of sp³-hybridized carbons (Fsp3) is 0.250. The van der Waals surface area contributed by atoms with Gasteiger partial charge in [0.1, 0.15) is 0 Å². The summed E-state index contributed by atoms with van der Waals surface area (Å²) in [5.41, 5.74) is 1.98. The second-order valence-electron chi connectivity index (χ2n) is 2.52. The van der Waals surface area contributed by atoms with Gasteiger partial charge >= 0.3 is 5.76 Å². The molecule has 0 atom stereocenters. The maximum absolute atomic E-state index is 10.7. The van der Waals surface area contributed by atoms with E-state index in [1.54, 1.807) is 6.07 Å². The number of H-pyrrole nitrogens is 1. The van der Waals surface area contributed by atoms with E-state index in [9.17, 15) is 4.79 Å². The number of hydrogen-bond donors (Lipinski definition) is 1. The quantitative estimate of drug-likeness (QED) is 0.686. The van der Waals surface area contributed by atoms with Crippen molar-refractivity contribution in [2.24, 2.45) is 0 Å². The largest absolute Gasteiger partial charge is 0.418 e. The molecule has 0 unspecified atom stereocenters. The number of fused-ring (bicyclic) bond motifs is 1. The average molecular weight is 164 g/mol. The van der Waals surface area contributed by atoms with Gasteiger partial charge in [-0.2, -0.15) is 0 Å². The standard InChI is InChI=1S/C8H8N2O2/c1-2-5-3-4-6-7(9-5)10-8(11)12-6/h3-4H,2H2,1H3,(H,9,10,11). The van der Waals surface area contributed by atoms with Crippen LogP contribution in [0.25, 0.3) is 11.2 Å². The summed E-state index contributed by atoms with van der Waals surface area (Å²) in [5.74, 6) is -0.453. The van der Waals surface area contributed by atoms with Crippen molar-refractivity contribution in [3.8, 4) is 0 Å². The lowest BCUT2D eigenvalue weighted by Gasteiger charge is -1.91. The third kappa shape index (κ3) is 1.01. The maximum atomic E-state index is 10.7. The van der Waals surface area contributed by atoms with Crippen LogP contribution in [0, 0.1) is 0 Å². The molecule has 2 aromatic heterocycles. The molecule has 0 aliphatic carbocycles. The third-order valence-electron chi connectivity index (χ3n) is 1.70. The molecule has 0 amide bonds. The highest BCUT2D eigenvalue weighted by Gasteiger charge is 2.01. The van der Waals surface area contributed by atoms with Gasteiger partial charge in [0.2, 0.25) is 0 Å². The Balaban J connectivity index is 2.74. The molecule has 12 heavy (non-hydrogen) atoms. The van der Waals surface area contributed by atoms with E-state index in [1.165, 1.54) is 0 Å². The van der Waals surface area contributed by atoms with Crippen molar-refractivity contribution in [1.29, 1.82) is 0 Å². The van der Waals surface area contributed by atoms with Gasteiger partial charge in [0, 0.05) is 5.69 Å². The minimum atomic E-state index is -0.453. The molecule has 62 valence electrons. The molecule has 0 fully saturated rings. The molecule has 0 aromatic carbocycles. The minimum Gasteiger partial charge on any atom is -0.406 e. The molecule has 0 aliphatic heterocycles. The highest BCUT2D eigenvalue weighted by Crippen LogP contribution is 2.07. The molecule has 0 bridgehead atoms. The number of aromatic nitrogens is 2. The topological polar surface area (TPSA) is 58.9 Å². The van der Waals surface area contributed by atoms with E-state index in [0.717, 1.165) is 12.1 Å². The summed E-state index contributed by atoms with van der Waals surface area (Å²) < 4.78 is 4.79. The van der Waals surface area contributed by atoms with Gasteiger partial charge in [-0.15, -0.1) is 0 Å². The summed E-state index contributed by atoms with van der Waals surface area (Å²) in [4.78, 5) is 17.4. The number of hydrogen-bond acceptors (Lipinski definition) is 3. The summed E-state index contributed by atoms with van der Waals surface area (Å²) in [7, 11) is 0. The summed E-state index contributed by atoms with van der Waals surface area (Å²) in [5, 5.41) is 0. The Morgan fingerprint density at radius 2 is 2.42 bits per heavy atom. The van der Waals surface area contributed by atoms with Gasteiger partial charge in [-0.3, -0.25) is 4.98 Å². The molecule has 0 radical (unpaired) electrons. The first kappa shape index (κ1) is 7.09. The Morgan fingerprint density at radius 3 is 3.17 bits per heavy atom. The molecule has 2 rings (SSSR count). The maximum Gasteiger partial charge on any atom is 0.418 e. The van der Waals surface area contributed by atoms with Crippen molar-refractivity contribution in [3.63, 3.8) is 0 Å². The molecule has 2 heterocycles. The van der Waals surface area contributed by atoms with E-state index in [2.05, 4.69) is 9.97 Å². The van der Waals surface area contributed by atoms with Crippen LogP contribution in [0.4, 0.5) is 0 Å². The average Bonchev–Trinajstić information content (AvgIpc) is 2.43. The number of pyridine rings is 1. The van der Waals surface area contributed by atoms with Crippen LogP contribution in [0.15, 0.2) is 21.3 Å². The number of aryl methyl sites for hydroxylation is 1. The van der Waals surface area contributed by atoms with Gasteiger partial charge < -0.3 is 4.42 Å². The summed E-state index contributed by atoms with van der Waals surface area (Å²) in [6.45, 7) is 2.01. The van der Waals surface area contributed by atoms with Crippen molar-refractivity contribution in [3.05, 3.63) is 28.4 Å².